The van der Waals surface area contributed by atoms with Crippen molar-refractivity contribution in [3.05, 3.63) is 0 Å². The molecule has 0 aromatic carbocycles. The predicted octanol–water partition coefficient (Wildman–Crippen LogP) is 0.104. The Balaban J connectivity index is 1.88. The van der Waals surface area contributed by atoms with Gasteiger partial charge in [-0.3, -0.25) is 0 Å². The number of nitrogens with two attached hydrogens (primary N) is 1. The molecule has 2 aliphatic rings. The number of ether oxygens (including phenoxy) is 1. The first-order chi connectivity index (χ1) is 11.4. The third-order valence-electron chi connectivity index (χ3n) is 4.76. The molecule has 0 amide bonds. The molecule has 3 N–H and O–H groups in total. The van der Waals surface area contributed by atoms with Gasteiger partial charge in [0.05, 0.1) is 0 Å². The zero-order chi connectivity index (χ0) is 17.7. The van der Waals surface area contributed by atoms with Crippen LogP contribution in [0.25, 0.3) is 0 Å². The Hall–Kier alpha value is -1.51. The highest BCUT2D eigenvalue weighted by Gasteiger charge is 2.38. The van der Waals surface area contributed by atoms with Crippen molar-refractivity contribution in [3.63, 3.8) is 0 Å². The molecule has 4 atom stereocenters. The summed E-state index contributed by atoms with van der Waals surface area (Å²) in [5, 5.41) is 4.38. The zero-order valence-corrected chi connectivity index (χ0v) is 14.3. The summed E-state index contributed by atoms with van der Waals surface area (Å²) >= 11 is 0. The normalized spacial score (nSPS) is 26.8. The average molecular weight is 341 g/mol. The summed E-state index contributed by atoms with van der Waals surface area (Å²) in [6, 6.07) is -1.91. The lowest BCUT2D eigenvalue weighted by molar-refractivity contribution is -0.202. The summed E-state index contributed by atoms with van der Waals surface area (Å²) in [5.41, 5.74) is 5.78. The molecule has 136 valence electrons. The fraction of sp³-hybridized carbons (Fsp3) is 0.812. The number of esters is 2. The fourth-order valence-electron chi connectivity index (χ4n) is 2.87. The number of carbonyl (C=O) groups excluding carboxylic acids is 3. The van der Waals surface area contributed by atoms with Crippen molar-refractivity contribution in [2.75, 3.05) is 13.1 Å². The van der Waals surface area contributed by atoms with E-state index in [1.807, 2.05) is 13.8 Å². The van der Waals surface area contributed by atoms with E-state index >= 15 is 0 Å². The molecule has 0 bridgehead atoms. The van der Waals surface area contributed by atoms with Gasteiger partial charge in [-0.2, -0.15) is 0 Å². The second kappa shape index (κ2) is 8.55. The second-order valence-corrected chi connectivity index (χ2v) is 6.51. The Morgan fingerprint density at radius 3 is 2.62 bits per heavy atom. The lowest BCUT2D eigenvalue weighted by Crippen LogP contribution is -2.45. The lowest BCUT2D eigenvalue weighted by Gasteiger charge is -2.23. The molecule has 2 saturated heterocycles. The number of hydroxylamine groups is 2. The molecule has 2 rings (SSSR count). The maximum Gasteiger partial charge on any atom is 0.342 e. The number of nitrogens with zero attached hydrogens (tertiary/aromatic N) is 1. The van der Waals surface area contributed by atoms with Crippen LogP contribution in [0.3, 0.4) is 0 Å². The Morgan fingerprint density at radius 1 is 1.25 bits per heavy atom. The van der Waals surface area contributed by atoms with Crippen LogP contribution in [-0.4, -0.2) is 54.2 Å². The molecule has 2 heterocycles. The van der Waals surface area contributed by atoms with Gasteiger partial charge in [-0.25, -0.2) is 14.4 Å². The second-order valence-electron chi connectivity index (χ2n) is 6.51. The summed E-state index contributed by atoms with van der Waals surface area (Å²) < 4.78 is 4.90. The highest BCUT2D eigenvalue weighted by Crippen LogP contribution is 2.21. The van der Waals surface area contributed by atoms with Gasteiger partial charge >= 0.3 is 17.9 Å². The van der Waals surface area contributed by atoms with Gasteiger partial charge in [0.2, 0.25) is 0 Å². The van der Waals surface area contributed by atoms with Gasteiger partial charge in [-0.15, -0.1) is 5.06 Å². The Labute approximate surface area is 142 Å². The largest absolute Gasteiger partial charge is 0.391 e. The quantitative estimate of drug-likeness (QED) is 0.517. The van der Waals surface area contributed by atoms with E-state index in [1.165, 1.54) is 5.06 Å². The first-order valence-electron chi connectivity index (χ1n) is 8.67. The van der Waals surface area contributed by atoms with E-state index < -0.39 is 30.0 Å². The number of nitrogens with one attached hydrogen (secondary N) is 1. The summed E-state index contributed by atoms with van der Waals surface area (Å²) in [6.45, 7) is 4.97. The van der Waals surface area contributed by atoms with Crippen LogP contribution in [-0.2, 0) is 24.0 Å². The van der Waals surface area contributed by atoms with Gasteiger partial charge in [-0.1, -0.05) is 20.3 Å². The summed E-state index contributed by atoms with van der Waals surface area (Å²) in [4.78, 5) is 41.6. The van der Waals surface area contributed by atoms with Gasteiger partial charge in [0.15, 0.2) is 0 Å². The third-order valence-corrected chi connectivity index (χ3v) is 4.76. The maximum atomic E-state index is 12.2. The van der Waals surface area contributed by atoms with Crippen molar-refractivity contribution in [1.82, 2.24) is 10.4 Å². The monoisotopic (exact) mass is 341 g/mol. The van der Waals surface area contributed by atoms with Crippen LogP contribution < -0.4 is 11.1 Å². The van der Waals surface area contributed by atoms with Gasteiger partial charge in [0.1, 0.15) is 18.1 Å². The number of hydrogen-bond acceptors (Lipinski definition) is 8. The molecule has 0 aromatic rings. The van der Waals surface area contributed by atoms with Crippen molar-refractivity contribution in [3.8, 4) is 0 Å². The van der Waals surface area contributed by atoms with Crippen LogP contribution in [0, 0.1) is 5.92 Å². The van der Waals surface area contributed by atoms with Crippen LogP contribution in [0.2, 0.25) is 0 Å². The minimum atomic E-state index is -0.834. The fourth-order valence-corrected chi connectivity index (χ4v) is 2.87. The molecule has 2 aliphatic heterocycles. The maximum absolute atomic E-state index is 12.2. The minimum absolute atomic E-state index is 0.0729. The van der Waals surface area contributed by atoms with E-state index in [0.29, 0.717) is 25.8 Å². The predicted molar refractivity (Wildman–Crippen MR) is 85.4 cm³/mol. The van der Waals surface area contributed by atoms with E-state index in [0.717, 1.165) is 19.4 Å². The molecule has 8 heteroatoms. The van der Waals surface area contributed by atoms with Crippen LogP contribution in [0.15, 0.2) is 0 Å². The standard InChI is InChI=1S/C16H27N3O5/c1-3-10(2)13(17)16(22)23-15(21)12-7-5-9-19(12)24-14(20)11-6-4-8-18-11/h10-13,18H,3-9,17H2,1-2H3/t10-,11-,12-,13-/m0/s1. The average Bonchev–Trinajstić information content (AvgIpc) is 3.24. The molecule has 24 heavy (non-hydrogen) atoms. The highest BCUT2D eigenvalue weighted by molar-refractivity contribution is 5.91. The van der Waals surface area contributed by atoms with Crippen LogP contribution >= 0.6 is 0 Å². The molecule has 0 unspecified atom stereocenters. The Kier molecular flexibility index (Phi) is 6.70. The van der Waals surface area contributed by atoms with Crippen molar-refractivity contribution < 1.29 is 24.0 Å². The third kappa shape index (κ3) is 4.52. The summed E-state index contributed by atoms with van der Waals surface area (Å²) in [7, 11) is 0. The summed E-state index contributed by atoms with van der Waals surface area (Å²) in [6.07, 6.45) is 3.54. The van der Waals surface area contributed by atoms with Crippen molar-refractivity contribution >= 4 is 17.9 Å². The molecule has 2 fully saturated rings. The van der Waals surface area contributed by atoms with E-state index in [2.05, 4.69) is 5.32 Å². The minimum Gasteiger partial charge on any atom is -0.391 e. The first-order valence-corrected chi connectivity index (χ1v) is 8.67. The van der Waals surface area contributed by atoms with Crippen LogP contribution in [0.1, 0.15) is 46.0 Å². The Bertz CT molecular complexity index is 478. The molecule has 8 nitrogen and oxygen atoms in total. The zero-order valence-electron chi connectivity index (χ0n) is 14.3. The van der Waals surface area contributed by atoms with Crippen LogP contribution in [0.4, 0.5) is 0 Å². The lowest BCUT2D eigenvalue weighted by atomic mass is 10.0. The molecular weight excluding hydrogens is 314 g/mol. The topological polar surface area (TPSA) is 111 Å². The highest BCUT2D eigenvalue weighted by atomic mass is 16.7. The van der Waals surface area contributed by atoms with Crippen molar-refractivity contribution in [1.29, 1.82) is 0 Å². The van der Waals surface area contributed by atoms with E-state index in [4.69, 9.17) is 15.3 Å². The van der Waals surface area contributed by atoms with Gasteiger partial charge in [0, 0.05) is 6.54 Å². The van der Waals surface area contributed by atoms with E-state index in [1.54, 1.807) is 0 Å². The Morgan fingerprint density at radius 2 is 2.00 bits per heavy atom. The van der Waals surface area contributed by atoms with E-state index in [9.17, 15) is 14.4 Å². The molecule has 0 saturated carbocycles. The molecule has 0 aliphatic carbocycles. The van der Waals surface area contributed by atoms with Gasteiger partial charge in [0.25, 0.3) is 0 Å². The smallest absolute Gasteiger partial charge is 0.342 e. The van der Waals surface area contributed by atoms with Crippen molar-refractivity contribution in [2.24, 2.45) is 11.7 Å². The number of carbonyl (C=O) groups is 3. The molecule has 0 aromatic heterocycles. The van der Waals surface area contributed by atoms with Crippen molar-refractivity contribution in [2.45, 2.75) is 64.1 Å². The first kappa shape index (κ1) is 18.8. The summed E-state index contributed by atoms with van der Waals surface area (Å²) in [5.74, 6) is -1.90. The van der Waals surface area contributed by atoms with Gasteiger partial charge < -0.3 is 20.6 Å². The SMILES string of the molecule is CC[C@H](C)[C@H](N)C(=O)OC(=O)[C@@H]1CCCN1OC(=O)[C@@H]1CCCN1. The molecule has 0 spiro atoms. The van der Waals surface area contributed by atoms with Crippen LogP contribution in [0.5, 0.6) is 0 Å². The number of rotatable bonds is 6. The number of hydrogen-bond donors (Lipinski definition) is 2. The van der Waals surface area contributed by atoms with Gasteiger partial charge in [-0.05, 0) is 38.1 Å². The molecule has 0 radical (unpaired) electrons. The van der Waals surface area contributed by atoms with E-state index in [-0.39, 0.29) is 12.0 Å². The molecular formula is C16H27N3O5.